The number of carbonyl (C=O) groups is 1. The quantitative estimate of drug-likeness (QED) is 0.462. The van der Waals surface area contributed by atoms with Crippen LogP contribution in [0.4, 0.5) is 0 Å². The van der Waals surface area contributed by atoms with E-state index in [4.69, 9.17) is 25.8 Å². The lowest BCUT2D eigenvalue weighted by molar-refractivity contribution is -0.844. The molecular formula is C18H24ClNO5. The number of ether oxygens (including phenoxy) is 3. The molecule has 1 aromatic rings. The third-order valence-corrected chi connectivity index (χ3v) is 5.27. The molecule has 138 valence electrons. The van der Waals surface area contributed by atoms with Gasteiger partial charge in [-0.25, -0.2) is 4.79 Å². The Balaban J connectivity index is 1.79. The number of carbonyl (C=O) groups excluding carboxylic acids is 1. The largest absolute Gasteiger partial charge is 0.633 e. The van der Waals surface area contributed by atoms with Gasteiger partial charge in [0.05, 0.1) is 38.3 Å². The maximum Gasteiger partial charge on any atom is 0.338 e. The number of halogens is 1. The zero-order valence-electron chi connectivity index (χ0n) is 15.1. The molecule has 1 aliphatic heterocycles. The van der Waals surface area contributed by atoms with Gasteiger partial charge in [-0.05, 0) is 25.8 Å². The van der Waals surface area contributed by atoms with Crippen LogP contribution in [0.5, 0.6) is 11.5 Å². The number of nitrogens with zero attached hydrogens (tertiary/aromatic N) is 1. The number of hydroxylamine groups is 3. The zero-order valence-corrected chi connectivity index (χ0v) is 15.8. The molecule has 0 radical (unpaired) electrons. The first kappa shape index (κ1) is 18.3. The molecule has 0 bridgehead atoms. The molecule has 1 fully saturated rings. The second-order valence-corrected chi connectivity index (χ2v) is 7.90. The lowest BCUT2D eigenvalue weighted by atomic mass is 9.85. The fourth-order valence-electron chi connectivity index (χ4n) is 3.76. The van der Waals surface area contributed by atoms with Crippen molar-refractivity contribution in [1.29, 1.82) is 0 Å². The van der Waals surface area contributed by atoms with Gasteiger partial charge < -0.3 is 24.1 Å². The third kappa shape index (κ3) is 3.57. The highest BCUT2D eigenvalue weighted by molar-refractivity contribution is 6.32. The second-order valence-electron chi connectivity index (χ2n) is 7.50. The number of benzene rings is 1. The lowest BCUT2D eigenvalue weighted by Gasteiger charge is -2.41. The van der Waals surface area contributed by atoms with Gasteiger partial charge in [0, 0.05) is 24.3 Å². The molecule has 1 aromatic carbocycles. The molecule has 2 aliphatic rings. The van der Waals surface area contributed by atoms with Gasteiger partial charge in [-0.1, -0.05) is 11.6 Å². The van der Waals surface area contributed by atoms with Crippen LogP contribution in [0.1, 0.15) is 41.6 Å². The highest BCUT2D eigenvalue weighted by atomic mass is 35.5. The van der Waals surface area contributed by atoms with Gasteiger partial charge >= 0.3 is 5.97 Å². The Kier molecular flexibility index (Phi) is 4.64. The van der Waals surface area contributed by atoms with Crippen molar-refractivity contribution in [3.8, 4) is 11.5 Å². The minimum absolute atomic E-state index is 0.285. The first-order chi connectivity index (χ1) is 11.6. The molecule has 3 rings (SSSR count). The molecule has 7 heteroatoms. The van der Waals surface area contributed by atoms with Gasteiger partial charge in [0.25, 0.3) is 5.79 Å². The maximum atomic E-state index is 11.9. The molecule has 25 heavy (non-hydrogen) atoms. The number of fused-ring (bicyclic) bond motifs is 1. The zero-order chi connectivity index (χ0) is 18.4. The summed E-state index contributed by atoms with van der Waals surface area (Å²) in [4.78, 5) is 11.9. The van der Waals surface area contributed by atoms with Crippen LogP contribution in [0.15, 0.2) is 6.07 Å². The summed E-state index contributed by atoms with van der Waals surface area (Å²) in [5.74, 6) is 0.167. The van der Waals surface area contributed by atoms with Crippen LogP contribution >= 0.6 is 11.6 Å². The van der Waals surface area contributed by atoms with Crippen LogP contribution in [0.2, 0.25) is 5.02 Å². The molecule has 1 heterocycles. The standard InChI is InChI=1S/C18H24ClNO5/c1-11-13(17(21)23-4)9-14(19)16-15(11)24-18(25-16)7-5-12(6-8-18)10-20(2,3)22/h9,12H,5-8,10H2,1-4H3. The second kappa shape index (κ2) is 6.34. The fourth-order valence-corrected chi connectivity index (χ4v) is 3.99. The Bertz CT molecular complexity index is 690. The number of hydrogen-bond acceptors (Lipinski definition) is 5. The SMILES string of the molecule is COC(=O)c1cc(Cl)c2c(c1C)OC1(CCC(C[N+](C)(C)[O-])CC1)O2. The first-order valence-electron chi connectivity index (χ1n) is 8.47. The molecule has 0 amide bonds. The predicted octanol–water partition coefficient (Wildman–Crippen LogP) is 3.67. The average Bonchev–Trinajstić information content (AvgIpc) is 2.92. The monoisotopic (exact) mass is 369 g/mol. The minimum Gasteiger partial charge on any atom is -0.633 e. The van der Waals surface area contributed by atoms with Crippen LogP contribution in [0.25, 0.3) is 0 Å². The van der Waals surface area contributed by atoms with Crippen LogP contribution in [-0.4, -0.2) is 44.2 Å². The molecule has 0 unspecified atom stereocenters. The Morgan fingerprint density at radius 3 is 2.52 bits per heavy atom. The van der Waals surface area contributed by atoms with Crippen molar-refractivity contribution in [3.63, 3.8) is 0 Å². The van der Waals surface area contributed by atoms with Crippen molar-refractivity contribution in [1.82, 2.24) is 0 Å². The number of rotatable bonds is 3. The Labute approximate surface area is 152 Å². The lowest BCUT2D eigenvalue weighted by Crippen LogP contribution is -2.45. The van der Waals surface area contributed by atoms with E-state index < -0.39 is 11.8 Å². The number of quaternary nitrogens is 1. The molecule has 0 atom stereocenters. The van der Waals surface area contributed by atoms with Crippen molar-refractivity contribution in [2.24, 2.45) is 5.92 Å². The molecule has 1 saturated carbocycles. The van der Waals surface area contributed by atoms with Gasteiger partial charge in [-0.15, -0.1) is 0 Å². The Morgan fingerprint density at radius 1 is 1.36 bits per heavy atom. The number of esters is 1. The summed E-state index contributed by atoms with van der Waals surface area (Å²) in [5, 5.41) is 12.2. The van der Waals surface area contributed by atoms with Gasteiger partial charge in [0.15, 0.2) is 11.5 Å². The van der Waals surface area contributed by atoms with E-state index in [0.29, 0.717) is 53.0 Å². The minimum atomic E-state index is -0.748. The molecule has 0 aromatic heterocycles. The molecule has 1 spiro atoms. The average molecular weight is 370 g/mol. The fraction of sp³-hybridized carbons (Fsp3) is 0.611. The van der Waals surface area contributed by atoms with Crippen molar-refractivity contribution >= 4 is 17.6 Å². The topological polar surface area (TPSA) is 67.8 Å². The van der Waals surface area contributed by atoms with Gasteiger partial charge in [0.2, 0.25) is 0 Å². The number of methoxy groups -OCH3 is 1. The van der Waals surface area contributed by atoms with Crippen molar-refractivity contribution in [2.45, 2.75) is 38.4 Å². The van der Waals surface area contributed by atoms with Gasteiger partial charge in [-0.2, -0.15) is 0 Å². The van der Waals surface area contributed by atoms with E-state index >= 15 is 0 Å². The molecule has 6 nitrogen and oxygen atoms in total. The van der Waals surface area contributed by atoms with E-state index in [9.17, 15) is 10.0 Å². The molecule has 0 N–H and O–H groups in total. The van der Waals surface area contributed by atoms with E-state index in [2.05, 4.69) is 0 Å². The van der Waals surface area contributed by atoms with Crippen molar-refractivity contribution in [2.75, 3.05) is 27.7 Å². The van der Waals surface area contributed by atoms with E-state index in [1.807, 2.05) is 0 Å². The summed E-state index contributed by atoms with van der Waals surface area (Å²) in [6, 6.07) is 1.56. The first-order valence-corrected chi connectivity index (χ1v) is 8.85. The smallest absolute Gasteiger partial charge is 0.338 e. The summed E-state index contributed by atoms with van der Waals surface area (Å²) in [6.45, 7) is 2.39. The van der Waals surface area contributed by atoms with E-state index in [0.717, 1.165) is 12.8 Å². The van der Waals surface area contributed by atoms with Gasteiger partial charge in [0.1, 0.15) is 0 Å². The Morgan fingerprint density at radius 2 is 1.96 bits per heavy atom. The van der Waals surface area contributed by atoms with E-state index in [-0.39, 0.29) is 4.65 Å². The van der Waals surface area contributed by atoms with E-state index in [1.54, 1.807) is 27.1 Å². The highest BCUT2D eigenvalue weighted by Crippen LogP contribution is 2.52. The highest BCUT2D eigenvalue weighted by Gasteiger charge is 2.47. The van der Waals surface area contributed by atoms with Crippen LogP contribution < -0.4 is 9.47 Å². The normalized spacial score (nSPS) is 25.3. The molecule has 0 saturated heterocycles. The summed E-state index contributed by atoms with van der Waals surface area (Å²) in [6.07, 6.45) is 3.10. The Hall–Kier alpha value is -1.50. The third-order valence-electron chi connectivity index (χ3n) is 4.99. The summed E-state index contributed by atoms with van der Waals surface area (Å²) in [7, 11) is 4.67. The molecule has 1 aliphatic carbocycles. The number of hydrogen-bond donors (Lipinski definition) is 0. The van der Waals surface area contributed by atoms with E-state index in [1.165, 1.54) is 7.11 Å². The summed E-state index contributed by atoms with van der Waals surface area (Å²) >= 11 is 6.31. The van der Waals surface area contributed by atoms with Crippen LogP contribution in [-0.2, 0) is 4.74 Å². The van der Waals surface area contributed by atoms with Gasteiger partial charge in [-0.3, -0.25) is 0 Å². The predicted molar refractivity (Wildman–Crippen MR) is 93.8 cm³/mol. The van der Waals surface area contributed by atoms with Crippen LogP contribution in [0, 0.1) is 18.0 Å². The summed E-state index contributed by atoms with van der Waals surface area (Å²) in [5.41, 5.74) is 1.05. The summed E-state index contributed by atoms with van der Waals surface area (Å²) < 4.78 is 16.8. The van der Waals surface area contributed by atoms with Crippen molar-refractivity contribution < 1.29 is 23.7 Å². The van der Waals surface area contributed by atoms with Crippen molar-refractivity contribution in [3.05, 3.63) is 27.4 Å². The molecular weight excluding hydrogens is 346 g/mol. The van der Waals surface area contributed by atoms with Crippen LogP contribution in [0.3, 0.4) is 0 Å². The maximum absolute atomic E-state index is 11.9.